The third-order valence-corrected chi connectivity index (χ3v) is 3.44. The molecule has 0 aromatic rings. The van der Waals surface area contributed by atoms with Crippen molar-refractivity contribution in [2.45, 2.75) is 39.2 Å². The number of fused-ring (bicyclic) bond motifs is 1. The van der Waals surface area contributed by atoms with Crippen LogP contribution in [0.15, 0.2) is 0 Å². The van der Waals surface area contributed by atoms with Gasteiger partial charge in [0.2, 0.25) is 11.8 Å². The highest BCUT2D eigenvalue weighted by atomic mass is 16.6. The molecular weight excluding hydrogens is 248 g/mol. The first-order valence-corrected chi connectivity index (χ1v) is 6.61. The molecule has 1 heterocycles. The Morgan fingerprint density at radius 2 is 1.79 bits per heavy atom. The zero-order valence-electron chi connectivity index (χ0n) is 11.6. The molecule has 1 N–H and O–H groups in total. The molecule has 19 heavy (non-hydrogen) atoms. The minimum Gasteiger partial charge on any atom is -0.444 e. The normalized spacial score (nSPS) is 25.9. The third-order valence-electron chi connectivity index (χ3n) is 3.44. The average molecular weight is 268 g/mol. The maximum atomic E-state index is 11.8. The molecule has 0 spiro atoms. The SMILES string of the molecule is CC(C)(C)OC(=O)NCCN1C(=O)C2CC[C@H]2C1=O. The Morgan fingerprint density at radius 1 is 1.26 bits per heavy atom. The first kappa shape index (κ1) is 13.8. The molecule has 6 nitrogen and oxygen atoms in total. The smallest absolute Gasteiger partial charge is 0.407 e. The van der Waals surface area contributed by atoms with Gasteiger partial charge >= 0.3 is 6.09 Å². The zero-order chi connectivity index (χ0) is 14.2. The lowest BCUT2D eigenvalue weighted by molar-refractivity contribution is -0.139. The van der Waals surface area contributed by atoms with Crippen LogP contribution in [-0.4, -0.2) is 41.5 Å². The molecule has 2 fully saturated rings. The van der Waals surface area contributed by atoms with Crippen LogP contribution in [0.5, 0.6) is 0 Å². The lowest BCUT2D eigenvalue weighted by Crippen LogP contribution is -2.40. The number of ether oxygens (including phenoxy) is 1. The molecule has 6 heteroatoms. The Kier molecular flexibility index (Phi) is 3.52. The fourth-order valence-corrected chi connectivity index (χ4v) is 2.40. The summed E-state index contributed by atoms with van der Waals surface area (Å²) in [6, 6.07) is 0. The molecule has 1 aliphatic carbocycles. The maximum absolute atomic E-state index is 11.8. The second-order valence-electron chi connectivity index (χ2n) is 6.05. The highest BCUT2D eigenvalue weighted by Crippen LogP contribution is 2.42. The van der Waals surface area contributed by atoms with E-state index in [1.807, 2.05) is 0 Å². The number of carbonyl (C=O) groups excluding carboxylic acids is 3. The summed E-state index contributed by atoms with van der Waals surface area (Å²) >= 11 is 0. The number of likely N-dealkylation sites (tertiary alicyclic amines) is 1. The van der Waals surface area contributed by atoms with Crippen molar-refractivity contribution in [3.05, 3.63) is 0 Å². The van der Waals surface area contributed by atoms with E-state index in [1.54, 1.807) is 20.8 Å². The second kappa shape index (κ2) is 4.83. The van der Waals surface area contributed by atoms with Crippen LogP contribution in [0.2, 0.25) is 0 Å². The van der Waals surface area contributed by atoms with Crippen molar-refractivity contribution in [2.24, 2.45) is 11.8 Å². The monoisotopic (exact) mass is 268 g/mol. The Bertz CT molecular complexity index is 391. The van der Waals surface area contributed by atoms with Gasteiger partial charge in [0.1, 0.15) is 5.60 Å². The molecule has 1 saturated carbocycles. The molecule has 1 aliphatic heterocycles. The lowest BCUT2D eigenvalue weighted by atomic mass is 9.76. The number of carbonyl (C=O) groups is 3. The van der Waals surface area contributed by atoms with E-state index in [-0.39, 0.29) is 36.7 Å². The number of rotatable bonds is 3. The van der Waals surface area contributed by atoms with Crippen LogP contribution in [-0.2, 0) is 14.3 Å². The van der Waals surface area contributed by atoms with Gasteiger partial charge in [-0.15, -0.1) is 0 Å². The van der Waals surface area contributed by atoms with Gasteiger partial charge in [0, 0.05) is 13.1 Å². The number of hydrogen-bond donors (Lipinski definition) is 1. The van der Waals surface area contributed by atoms with E-state index in [2.05, 4.69) is 5.32 Å². The third kappa shape index (κ3) is 2.88. The molecule has 0 aromatic heterocycles. The van der Waals surface area contributed by atoms with Crippen LogP contribution in [0, 0.1) is 11.8 Å². The van der Waals surface area contributed by atoms with Crippen LogP contribution in [0.4, 0.5) is 4.79 Å². The predicted molar refractivity (Wildman–Crippen MR) is 67.2 cm³/mol. The molecule has 1 unspecified atom stereocenters. The van der Waals surface area contributed by atoms with E-state index in [4.69, 9.17) is 4.74 Å². The van der Waals surface area contributed by atoms with E-state index in [1.165, 1.54) is 4.90 Å². The molecule has 3 amide bonds. The quantitative estimate of drug-likeness (QED) is 0.772. The van der Waals surface area contributed by atoms with Gasteiger partial charge in [-0.1, -0.05) is 0 Å². The molecule has 0 bridgehead atoms. The summed E-state index contributed by atoms with van der Waals surface area (Å²) in [5.74, 6) is -0.387. The molecule has 0 radical (unpaired) electrons. The first-order valence-electron chi connectivity index (χ1n) is 6.61. The summed E-state index contributed by atoms with van der Waals surface area (Å²) in [6.07, 6.45) is 1.09. The average Bonchev–Trinajstić information content (AvgIpc) is 2.33. The molecule has 2 atom stereocenters. The van der Waals surface area contributed by atoms with E-state index in [0.717, 1.165) is 12.8 Å². The zero-order valence-corrected chi connectivity index (χ0v) is 11.6. The topological polar surface area (TPSA) is 75.7 Å². The summed E-state index contributed by atoms with van der Waals surface area (Å²) in [5.41, 5.74) is -0.553. The van der Waals surface area contributed by atoms with Gasteiger partial charge < -0.3 is 10.1 Å². The van der Waals surface area contributed by atoms with Crippen LogP contribution in [0.1, 0.15) is 33.6 Å². The van der Waals surface area contributed by atoms with E-state index in [0.29, 0.717) is 0 Å². The highest BCUT2D eigenvalue weighted by Gasteiger charge is 2.52. The van der Waals surface area contributed by atoms with E-state index in [9.17, 15) is 14.4 Å². The molecule has 2 aliphatic rings. The van der Waals surface area contributed by atoms with E-state index < -0.39 is 11.7 Å². The maximum Gasteiger partial charge on any atom is 0.407 e. The van der Waals surface area contributed by atoms with Crippen LogP contribution >= 0.6 is 0 Å². The molecular formula is C13H20N2O4. The number of alkyl carbamates (subject to hydrolysis) is 1. The summed E-state index contributed by atoms with van der Waals surface area (Å²) in [6.45, 7) is 5.78. The summed E-state index contributed by atoms with van der Waals surface area (Å²) in [7, 11) is 0. The minimum atomic E-state index is -0.553. The van der Waals surface area contributed by atoms with Gasteiger partial charge in [-0.3, -0.25) is 14.5 Å². The van der Waals surface area contributed by atoms with Gasteiger partial charge in [-0.05, 0) is 33.6 Å². The molecule has 2 rings (SSSR count). The first-order chi connectivity index (χ1) is 8.79. The minimum absolute atomic E-state index is 0.0905. The Labute approximate surface area is 112 Å². The lowest BCUT2D eigenvalue weighted by Gasteiger charge is -2.24. The summed E-state index contributed by atoms with van der Waals surface area (Å²) in [5, 5.41) is 2.55. The van der Waals surface area contributed by atoms with Crippen LogP contribution in [0.3, 0.4) is 0 Å². The molecule has 106 valence electrons. The highest BCUT2D eigenvalue weighted by molar-refractivity contribution is 6.06. The predicted octanol–water partition coefficient (Wildman–Crippen LogP) is 0.906. The summed E-state index contributed by atoms with van der Waals surface area (Å²) < 4.78 is 5.07. The van der Waals surface area contributed by atoms with Crippen molar-refractivity contribution >= 4 is 17.9 Å². The van der Waals surface area contributed by atoms with Gasteiger partial charge in [-0.2, -0.15) is 0 Å². The second-order valence-corrected chi connectivity index (χ2v) is 6.05. The Morgan fingerprint density at radius 3 is 2.21 bits per heavy atom. The molecule has 1 saturated heterocycles. The Balaban J connectivity index is 1.76. The number of nitrogens with zero attached hydrogens (tertiary/aromatic N) is 1. The fraction of sp³-hybridized carbons (Fsp3) is 0.769. The van der Waals surface area contributed by atoms with Gasteiger partial charge in [-0.25, -0.2) is 4.79 Å². The number of hydrogen-bond acceptors (Lipinski definition) is 4. The van der Waals surface area contributed by atoms with Crippen LogP contribution < -0.4 is 5.32 Å². The number of amides is 3. The molecule has 0 aromatic carbocycles. The van der Waals surface area contributed by atoms with Gasteiger partial charge in [0.15, 0.2) is 0 Å². The summed E-state index contributed by atoms with van der Waals surface area (Å²) in [4.78, 5) is 36.4. The van der Waals surface area contributed by atoms with Crippen molar-refractivity contribution in [3.8, 4) is 0 Å². The standard InChI is InChI=1S/C13H20N2O4/c1-13(2,3)19-12(18)14-6-7-15-10(16)8-4-5-9(8)11(15)17/h8-9H,4-7H2,1-3H3,(H,14,18)/t8-,9?/m1/s1. The van der Waals surface area contributed by atoms with Crippen molar-refractivity contribution in [3.63, 3.8) is 0 Å². The van der Waals surface area contributed by atoms with Crippen molar-refractivity contribution in [1.29, 1.82) is 0 Å². The largest absolute Gasteiger partial charge is 0.444 e. The van der Waals surface area contributed by atoms with E-state index >= 15 is 0 Å². The fourth-order valence-electron chi connectivity index (χ4n) is 2.40. The Hall–Kier alpha value is -1.59. The van der Waals surface area contributed by atoms with Gasteiger partial charge in [0.05, 0.1) is 11.8 Å². The van der Waals surface area contributed by atoms with Crippen molar-refractivity contribution in [1.82, 2.24) is 10.2 Å². The number of nitrogens with one attached hydrogen (secondary N) is 1. The van der Waals surface area contributed by atoms with Gasteiger partial charge in [0.25, 0.3) is 0 Å². The number of imide groups is 1. The van der Waals surface area contributed by atoms with Crippen LogP contribution in [0.25, 0.3) is 0 Å². The van der Waals surface area contributed by atoms with Crippen molar-refractivity contribution < 1.29 is 19.1 Å². The van der Waals surface area contributed by atoms with Crippen molar-refractivity contribution in [2.75, 3.05) is 13.1 Å².